The van der Waals surface area contributed by atoms with E-state index in [-0.39, 0.29) is 22.6 Å². The molecule has 0 saturated carbocycles. The summed E-state index contributed by atoms with van der Waals surface area (Å²) in [7, 11) is 0. The van der Waals surface area contributed by atoms with Crippen molar-refractivity contribution in [3.05, 3.63) is 50.1 Å². The number of amides is 1. The number of hydrogen-bond acceptors (Lipinski definition) is 3. The Morgan fingerprint density at radius 3 is 2.88 bits per heavy atom. The molecular weight excluding hydrogens is 405 g/mol. The van der Waals surface area contributed by atoms with E-state index < -0.39 is 11.7 Å². The summed E-state index contributed by atoms with van der Waals surface area (Å²) in [6.45, 7) is 1.17. The van der Waals surface area contributed by atoms with Crippen LogP contribution in [0.3, 0.4) is 0 Å². The van der Waals surface area contributed by atoms with Crippen LogP contribution in [0.25, 0.3) is 0 Å². The van der Waals surface area contributed by atoms with Gasteiger partial charge in [0.25, 0.3) is 0 Å². The van der Waals surface area contributed by atoms with Crippen molar-refractivity contribution < 1.29 is 18.0 Å². The van der Waals surface area contributed by atoms with Gasteiger partial charge < -0.3 is 10.2 Å². The van der Waals surface area contributed by atoms with Crippen molar-refractivity contribution in [1.29, 1.82) is 0 Å². The lowest BCUT2D eigenvalue weighted by molar-refractivity contribution is -0.138. The topological polar surface area (TPSA) is 32.3 Å². The molecule has 1 aromatic carbocycles. The Bertz CT molecular complexity index is 760. The van der Waals surface area contributed by atoms with Crippen LogP contribution in [0, 0.1) is 0 Å². The molecule has 8 heteroatoms. The molecule has 1 amide bonds. The molecule has 0 saturated heterocycles. The van der Waals surface area contributed by atoms with Crippen molar-refractivity contribution in [2.24, 2.45) is 0 Å². The summed E-state index contributed by atoms with van der Waals surface area (Å²) in [5, 5.41) is 4.80. The minimum absolute atomic E-state index is 0.0205. The Labute approximate surface area is 149 Å². The van der Waals surface area contributed by atoms with E-state index in [9.17, 15) is 18.0 Å². The van der Waals surface area contributed by atoms with Gasteiger partial charge in [-0.05, 0) is 41.6 Å². The number of carbonyl (C=O) groups is 1. The van der Waals surface area contributed by atoms with Crippen LogP contribution in [0.15, 0.2) is 34.1 Å². The summed E-state index contributed by atoms with van der Waals surface area (Å²) >= 11 is 4.59. The van der Waals surface area contributed by atoms with Crippen LogP contribution in [-0.2, 0) is 23.9 Å². The molecule has 1 aliphatic heterocycles. The van der Waals surface area contributed by atoms with E-state index in [1.807, 2.05) is 11.4 Å². The molecule has 0 fully saturated rings. The van der Waals surface area contributed by atoms with Gasteiger partial charge in [-0.25, -0.2) is 0 Å². The molecule has 1 aromatic heterocycles. The number of nitrogens with zero attached hydrogens (tertiary/aromatic N) is 1. The molecule has 128 valence electrons. The largest absolute Gasteiger partial charge is 0.417 e. The number of alkyl halides is 3. The molecule has 0 atom stereocenters. The first kappa shape index (κ1) is 17.3. The van der Waals surface area contributed by atoms with Gasteiger partial charge in [0.1, 0.15) is 0 Å². The smallest absolute Gasteiger partial charge is 0.376 e. The third-order valence-corrected chi connectivity index (χ3v) is 5.59. The van der Waals surface area contributed by atoms with E-state index in [4.69, 9.17) is 0 Å². The van der Waals surface area contributed by atoms with Gasteiger partial charge in [0.2, 0.25) is 5.91 Å². The highest BCUT2D eigenvalue weighted by atomic mass is 79.9. The number of halogens is 4. The molecule has 3 rings (SSSR count). The van der Waals surface area contributed by atoms with Crippen molar-refractivity contribution >= 4 is 38.9 Å². The molecular formula is C16H14BrF3N2OS. The van der Waals surface area contributed by atoms with Crippen molar-refractivity contribution in [2.75, 3.05) is 18.4 Å². The molecule has 24 heavy (non-hydrogen) atoms. The SMILES string of the molecule is O=C(CNc1ccc(Br)c(C(F)(F)F)c1)N1CCc2sccc2C1. The Morgan fingerprint density at radius 2 is 2.12 bits per heavy atom. The number of carbonyl (C=O) groups excluding carboxylic acids is 1. The zero-order valence-electron chi connectivity index (χ0n) is 12.5. The number of thiophene rings is 1. The molecule has 2 heterocycles. The average molecular weight is 419 g/mol. The molecule has 0 bridgehead atoms. The fraction of sp³-hybridized carbons (Fsp3) is 0.312. The second kappa shape index (κ2) is 6.76. The quantitative estimate of drug-likeness (QED) is 0.793. The number of rotatable bonds is 3. The van der Waals surface area contributed by atoms with Crippen LogP contribution in [0.4, 0.5) is 18.9 Å². The molecule has 0 radical (unpaired) electrons. The van der Waals surface area contributed by atoms with Crippen molar-refractivity contribution in [3.63, 3.8) is 0 Å². The van der Waals surface area contributed by atoms with Gasteiger partial charge in [-0.1, -0.05) is 15.9 Å². The van der Waals surface area contributed by atoms with Crippen LogP contribution >= 0.6 is 27.3 Å². The zero-order valence-corrected chi connectivity index (χ0v) is 14.9. The lowest BCUT2D eigenvalue weighted by Crippen LogP contribution is -2.38. The summed E-state index contributed by atoms with van der Waals surface area (Å²) in [5.41, 5.74) is 0.663. The molecule has 1 N–H and O–H groups in total. The van der Waals surface area contributed by atoms with Crippen molar-refractivity contribution in [1.82, 2.24) is 4.90 Å². The van der Waals surface area contributed by atoms with E-state index in [1.54, 1.807) is 16.2 Å². The Morgan fingerprint density at radius 1 is 1.33 bits per heavy atom. The van der Waals surface area contributed by atoms with Crippen LogP contribution in [-0.4, -0.2) is 23.9 Å². The van der Waals surface area contributed by atoms with Crippen LogP contribution in [0.2, 0.25) is 0 Å². The molecule has 1 aliphatic rings. The number of benzene rings is 1. The van der Waals surface area contributed by atoms with Crippen molar-refractivity contribution in [3.8, 4) is 0 Å². The predicted octanol–water partition coefficient (Wildman–Crippen LogP) is 4.53. The van der Waals surface area contributed by atoms with Gasteiger partial charge >= 0.3 is 6.18 Å². The molecule has 0 spiro atoms. The average Bonchev–Trinajstić information content (AvgIpc) is 3.00. The van der Waals surface area contributed by atoms with Crippen LogP contribution in [0.5, 0.6) is 0 Å². The maximum absolute atomic E-state index is 12.9. The predicted molar refractivity (Wildman–Crippen MR) is 91.1 cm³/mol. The number of nitrogens with one attached hydrogen (secondary N) is 1. The highest BCUT2D eigenvalue weighted by molar-refractivity contribution is 9.10. The summed E-state index contributed by atoms with van der Waals surface area (Å²) in [4.78, 5) is 15.3. The lowest BCUT2D eigenvalue weighted by atomic mass is 10.1. The molecule has 0 aliphatic carbocycles. The highest BCUT2D eigenvalue weighted by Gasteiger charge is 2.33. The van der Waals surface area contributed by atoms with Gasteiger partial charge in [-0.2, -0.15) is 13.2 Å². The molecule has 2 aromatic rings. The zero-order chi connectivity index (χ0) is 17.3. The Hall–Kier alpha value is -1.54. The summed E-state index contributed by atoms with van der Waals surface area (Å²) in [6, 6.07) is 5.86. The van der Waals surface area contributed by atoms with Crippen LogP contribution in [0.1, 0.15) is 16.0 Å². The third kappa shape index (κ3) is 3.75. The first-order valence-electron chi connectivity index (χ1n) is 7.28. The summed E-state index contributed by atoms with van der Waals surface area (Å²) in [6.07, 6.45) is -3.61. The maximum atomic E-state index is 12.9. The van der Waals surface area contributed by atoms with E-state index in [2.05, 4.69) is 21.2 Å². The number of anilines is 1. The first-order valence-corrected chi connectivity index (χ1v) is 8.95. The minimum atomic E-state index is -4.44. The molecule has 3 nitrogen and oxygen atoms in total. The van der Waals surface area contributed by atoms with Gasteiger partial charge in [-0.15, -0.1) is 11.3 Å². The van der Waals surface area contributed by atoms with Gasteiger partial charge in [0.05, 0.1) is 12.1 Å². The van der Waals surface area contributed by atoms with E-state index >= 15 is 0 Å². The standard InChI is InChI=1S/C16H14BrF3N2OS/c17-13-2-1-11(7-12(13)16(18,19)20)21-8-15(23)22-5-3-14-10(9-22)4-6-24-14/h1-2,4,6-7,21H,3,5,8-9H2. The van der Waals surface area contributed by atoms with Gasteiger partial charge in [0.15, 0.2) is 0 Å². The third-order valence-electron chi connectivity index (χ3n) is 3.88. The first-order chi connectivity index (χ1) is 11.3. The van der Waals surface area contributed by atoms with E-state index in [0.717, 1.165) is 18.1 Å². The minimum Gasteiger partial charge on any atom is -0.376 e. The molecule has 0 unspecified atom stereocenters. The highest BCUT2D eigenvalue weighted by Crippen LogP contribution is 2.36. The fourth-order valence-electron chi connectivity index (χ4n) is 2.60. The lowest BCUT2D eigenvalue weighted by Gasteiger charge is -2.27. The maximum Gasteiger partial charge on any atom is 0.417 e. The van der Waals surface area contributed by atoms with Gasteiger partial charge in [-0.3, -0.25) is 4.79 Å². The van der Waals surface area contributed by atoms with Crippen molar-refractivity contribution in [2.45, 2.75) is 19.1 Å². The second-order valence-electron chi connectivity index (χ2n) is 5.48. The number of hydrogen-bond donors (Lipinski definition) is 1. The van der Waals surface area contributed by atoms with E-state index in [0.29, 0.717) is 13.1 Å². The number of fused-ring (bicyclic) bond motifs is 1. The Balaban J connectivity index is 1.63. The second-order valence-corrected chi connectivity index (χ2v) is 7.34. The summed E-state index contributed by atoms with van der Waals surface area (Å²) in [5.74, 6) is -0.122. The normalized spacial score (nSPS) is 14.4. The monoisotopic (exact) mass is 418 g/mol. The van der Waals surface area contributed by atoms with Gasteiger partial charge in [0, 0.05) is 28.1 Å². The Kier molecular flexibility index (Phi) is 4.87. The van der Waals surface area contributed by atoms with E-state index in [1.165, 1.54) is 17.0 Å². The van der Waals surface area contributed by atoms with Crippen LogP contribution < -0.4 is 5.32 Å². The fourth-order valence-corrected chi connectivity index (χ4v) is 3.96. The summed E-state index contributed by atoms with van der Waals surface area (Å²) < 4.78 is 38.7.